The molecule has 1 aromatic rings. The van der Waals surface area contributed by atoms with Crippen molar-refractivity contribution in [2.45, 2.75) is 39.8 Å². The van der Waals surface area contributed by atoms with E-state index in [2.05, 4.69) is 35.6 Å². The molecule has 0 aromatic carbocycles. The second-order valence-corrected chi connectivity index (χ2v) is 6.29. The Hall–Kier alpha value is -0.380. The molecule has 3 heteroatoms. The van der Waals surface area contributed by atoms with E-state index in [1.165, 1.54) is 5.56 Å². The van der Waals surface area contributed by atoms with E-state index in [0.717, 1.165) is 19.6 Å². The molecule has 0 aliphatic rings. The molecule has 1 aromatic heterocycles. The summed E-state index contributed by atoms with van der Waals surface area (Å²) in [6.45, 7) is 10.9. The second kappa shape index (κ2) is 5.80. The number of hydrogen-bond acceptors (Lipinski definition) is 3. The topological polar surface area (TPSA) is 23.5 Å². The molecule has 0 unspecified atom stereocenters. The first-order chi connectivity index (χ1) is 7.37. The fourth-order valence-electron chi connectivity index (χ4n) is 1.89. The van der Waals surface area contributed by atoms with Gasteiger partial charge in [-0.2, -0.15) is 11.3 Å². The van der Waals surface area contributed by atoms with Gasteiger partial charge in [0.25, 0.3) is 0 Å². The van der Waals surface area contributed by atoms with Crippen LogP contribution in [0.5, 0.6) is 0 Å². The van der Waals surface area contributed by atoms with E-state index in [0.29, 0.717) is 5.92 Å². The van der Waals surface area contributed by atoms with Crippen LogP contribution in [0.4, 0.5) is 0 Å². The SMILES string of the molecule is CC(C)CN(Cc1ccsc1)CC(C)(C)O. The highest BCUT2D eigenvalue weighted by molar-refractivity contribution is 7.07. The molecular weight excluding hydrogens is 218 g/mol. The van der Waals surface area contributed by atoms with Gasteiger partial charge in [-0.25, -0.2) is 0 Å². The molecule has 0 saturated heterocycles. The normalized spacial score (nSPS) is 12.7. The fraction of sp³-hybridized carbons (Fsp3) is 0.692. The zero-order chi connectivity index (χ0) is 12.2. The molecule has 0 bridgehead atoms. The predicted octanol–water partition coefficient (Wildman–Crippen LogP) is 2.98. The minimum Gasteiger partial charge on any atom is -0.389 e. The van der Waals surface area contributed by atoms with Crippen molar-refractivity contribution in [2.75, 3.05) is 13.1 Å². The summed E-state index contributed by atoms with van der Waals surface area (Å²) in [5.74, 6) is 0.626. The van der Waals surface area contributed by atoms with Crippen LogP contribution in [0.2, 0.25) is 0 Å². The molecule has 0 atom stereocenters. The Balaban J connectivity index is 2.57. The number of thiophene rings is 1. The summed E-state index contributed by atoms with van der Waals surface area (Å²) >= 11 is 1.73. The highest BCUT2D eigenvalue weighted by Gasteiger charge is 2.19. The van der Waals surface area contributed by atoms with Gasteiger partial charge in [-0.15, -0.1) is 0 Å². The first-order valence-corrected chi connectivity index (χ1v) is 6.77. The van der Waals surface area contributed by atoms with E-state index in [-0.39, 0.29) is 0 Å². The van der Waals surface area contributed by atoms with Crippen LogP contribution >= 0.6 is 11.3 Å². The van der Waals surface area contributed by atoms with Crippen LogP contribution in [-0.4, -0.2) is 28.7 Å². The van der Waals surface area contributed by atoms with Crippen LogP contribution in [-0.2, 0) is 6.54 Å². The largest absolute Gasteiger partial charge is 0.389 e. The third kappa shape index (κ3) is 5.64. The van der Waals surface area contributed by atoms with Crippen molar-refractivity contribution in [3.63, 3.8) is 0 Å². The lowest BCUT2D eigenvalue weighted by molar-refractivity contribution is 0.0298. The van der Waals surface area contributed by atoms with E-state index >= 15 is 0 Å². The van der Waals surface area contributed by atoms with Crippen LogP contribution in [0.3, 0.4) is 0 Å². The van der Waals surface area contributed by atoms with Gasteiger partial charge in [0.15, 0.2) is 0 Å². The smallest absolute Gasteiger partial charge is 0.0718 e. The lowest BCUT2D eigenvalue weighted by atomic mass is 10.1. The number of aliphatic hydroxyl groups is 1. The summed E-state index contributed by atoms with van der Waals surface area (Å²) in [4.78, 5) is 2.33. The highest BCUT2D eigenvalue weighted by Crippen LogP contribution is 2.14. The van der Waals surface area contributed by atoms with Crippen molar-refractivity contribution in [1.82, 2.24) is 4.90 Å². The molecule has 1 N–H and O–H groups in total. The maximum Gasteiger partial charge on any atom is 0.0718 e. The van der Waals surface area contributed by atoms with Crippen molar-refractivity contribution in [3.8, 4) is 0 Å². The van der Waals surface area contributed by atoms with Gasteiger partial charge in [0.1, 0.15) is 0 Å². The van der Waals surface area contributed by atoms with E-state index in [9.17, 15) is 5.11 Å². The van der Waals surface area contributed by atoms with Gasteiger partial charge >= 0.3 is 0 Å². The van der Waals surface area contributed by atoms with Crippen LogP contribution in [0, 0.1) is 5.92 Å². The molecule has 0 aliphatic carbocycles. The van der Waals surface area contributed by atoms with E-state index in [1.807, 2.05) is 13.8 Å². The van der Waals surface area contributed by atoms with Gasteiger partial charge in [-0.05, 0) is 42.2 Å². The van der Waals surface area contributed by atoms with Gasteiger partial charge in [-0.1, -0.05) is 13.8 Å². The minimum atomic E-state index is -0.620. The predicted molar refractivity (Wildman–Crippen MR) is 70.7 cm³/mol. The first kappa shape index (κ1) is 13.7. The molecule has 0 saturated carbocycles. The Kier molecular flexibility index (Phi) is 4.96. The second-order valence-electron chi connectivity index (χ2n) is 5.51. The summed E-state index contributed by atoms with van der Waals surface area (Å²) in [6.07, 6.45) is 0. The average Bonchev–Trinajstić information content (AvgIpc) is 2.51. The summed E-state index contributed by atoms with van der Waals surface area (Å²) < 4.78 is 0. The van der Waals surface area contributed by atoms with E-state index in [1.54, 1.807) is 11.3 Å². The maximum absolute atomic E-state index is 9.89. The van der Waals surface area contributed by atoms with Crippen molar-refractivity contribution in [2.24, 2.45) is 5.92 Å². The van der Waals surface area contributed by atoms with Gasteiger partial charge in [0.05, 0.1) is 5.60 Å². The molecule has 2 nitrogen and oxygen atoms in total. The van der Waals surface area contributed by atoms with Crippen molar-refractivity contribution < 1.29 is 5.11 Å². The Morgan fingerprint density at radius 3 is 2.56 bits per heavy atom. The Labute approximate surface area is 103 Å². The fourth-order valence-corrected chi connectivity index (χ4v) is 2.55. The summed E-state index contributed by atoms with van der Waals surface area (Å²) in [6, 6.07) is 2.16. The van der Waals surface area contributed by atoms with E-state index < -0.39 is 5.60 Å². The van der Waals surface area contributed by atoms with Crippen LogP contribution in [0.1, 0.15) is 33.3 Å². The van der Waals surface area contributed by atoms with Crippen LogP contribution < -0.4 is 0 Å². The summed E-state index contributed by atoms with van der Waals surface area (Å²) in [7, 11) is 0. The zero-order valence-corrected chi connectivity index (χ0v) is 11.5. The molecule has 0 spiro atoms. The number of nitrogens with zero attached hydrogens (tertiary/aromatic N) is 1. The molecule has 0 radical (unpaired) electrons. The lowest BCUT2D eigenvalue weighted by Gasteiger charge is -2.30. The molecule has 0 aliphatic heterocycles. The summed E-state index contributed by atoms with van der Waals surface area (Å²) in [5.41, 5.74) is 0.722. The van der Waals surface area contributed by atoms with E-state index in [4.69, 9.17) is 0 Å². The maximum atomic E-state index is 9.89. The third-order valence-corrected chi connectivity index (χ3v) is 2.95. The molecule has 1 rings (SSSR count). The van der Waals surface area contributed by atoms with Gasteiger partial charge < -0.3 is 5.11 Å². The van der Waals surface area contributed by atoms with Crippen molar-refractivity contribution in [1.29, 1.82) is 0 Å². The standard InChI is InChI=1S/C13H23NOS/c1-11(2)7-14(10-13(3,4)15)8-12-5-6-16-9-12/h5-6,9,11,15H,7-8,10H2,1-4H3. The average molecular weight is 241 g/mol. The van der Waals surface area contributed by atoms with Gasteiger partial charge in [-0.3, -0.25) is 4.90 Å². The minimum absolute atomic E-state index is 0.620. The molecule has 0 fully saturated rings. The lowest BCUT2D eigenvalue weighted by Crippen LogP contribution is -2.39. The Bertz CT molecular complexity index is 287. The quantitative estimate of drug-likeness (QED) is 0.827. The molecule has 16 heavy (non-hydrogen) atoms. The molecule has 0 amide bonds. The highest BCUT2D eigenvalue weighted by atomic mass is 32.1. The monoisotopic (exact) mass is 241 g/mol. The number of rotatable bonds is 6. The summed E-state index contributed by atoms with van der Waals surface area (Å²) in [5, 5.41) is 14.2. The van der Waals surface area contributed by atoms with Crippen molar-refractivity contribution >= 4 is 11.3 Å². The third-order valence-electron chi connectivity index (χ3n) is 2.22. The zero-order valence-electron chi connectivity index (χ0n) is 10.7. The first-order valence-electron chi connectivity index (χ1n) is 5.82. The van der Waals surface area contributed by atoms with Crippen LogP contribution in [0.25, 0.3) is 0 Å². The molecule has 1 heterocycles. The van der Waals surface area contributed by atoms with Crippen molar-refractivity contribution in [3.05, 3.63) is 22.4 Å². The van der Waals surface area contributed by atoms with Gasteiger partial charge in [0, 0.05) is 19.6 Å². The molecular formula is C13H23NOS. The Morgan fingerprint density at radius 1 is 1.44 bits per heavy atom. The molecule has 92 valence electrons. The van der Waals surface area contributed by atoms with Crippen LogP contribution in [0.15, 0.2) is 16.8 Å². The van der Waals surface area contributed by atoms with Gasteiger partial charge in [0.2, 0.25) is 0 Å². The number of hydrogen-bond donors (Lipinski definition) is 1. The Morgan fingerprint density at radius 2 is 2.12 bits per heavy atom.